The van der Waals surface area contributed by atoms with Crippen molar-refractivity contribution in [3.63, 3.8) is 0 Å². The standard InChI is InChI=1S/C29H42O/c30-29(26-25-28-22-16-12-17-23-28)24-18-10-8-6-4-2-1-3-5-7-9-13-19-27-20-14-11-15-21-27/h11-12,14-17,20-23H,1-10,13,18-19,24-26H2. The van der Waals surface area contributed by atoms with Crippen molar-refractivity contribution in [1.29, 1.82) is 0 Å². The van der Waals surface area contributed by atoms with Crippen LogP contribution in [0.5, 0.6) is 0 Å². The van der Waals surface area contributed by atoms with Crippen LogP contribution in [-0.2, 0) is 17.6 Å². The molecule has 1 nitrogen and oxygen atoms in total. The van der Waals surface area contributed by atoms with E-state index >= 15 is 0 Å². The Hall–Kier alpha value is -1.89. The van der Waals surface area contributed by atoms with E-state index in [0.717, 1.165) is 19.3 Å². The number of carbonyl (C=O) groups excluding carboxylic acids is 1. The van der Waals surface area contributed by atoms with Gasteiger partial charge in [0, 0.05) is 12.8 Å². The van der Waals surface area contributed by atoms with Gasteiger partial charge in [0.15, 0.2) is 0 Å². The summed E-state index contributed by atoms with van der Waals surface area (Å²) >= 11 is 0. The second kappa shape index (κ2) is 16.9. The van der Waals surface area contributed by atoms with Crippen molar-refractivity contribution in [2.75, 3.05) is 0 Å². The lowest BCUT2D eigenvalue weighted by atomic mass is 10.0. The highest BCUT2D eigenvalue weighted by Gasteiger charge is 2.02. The molecule has 0 aliphatic heterocycles. The van der Waals surface area contributed by atoms with Crippen molar-refractivity contribution >= 4 is 5.78 Å². The molecule has 0 fully saturated rings. The zero-order chi connectivity index (χ0) is 21.1. The van der Waals surface area contributed by atoms with Gasteiger partial charge >= 0.3 is 0 Å². The molecule has 0 spiro atoms. The number of unbranched alkanes of at least 4 members (excludes halogenated alkanes) is 11. The lowest BCUT2D eigenvalue weighted by Crippen LogP contribution is -2.00. The molecule has 2 aromatic carbocycles. The minimum absolute atomic E-state index is 0.433. The molecule has 0 aromatic heterocycles. The smallest absolute Gasteiger partial charge is 0.133 e. The van der Waals surface area contributed by atoms with Crippen LogP contribution < -0.4 is 0 Å². The predicted molar refractivity (Wildman–Crippen MR) is 130 cm³/mol. The van der Waals surface area contributed by atoms with Gasteiger partial charge < -0.3 is 0 Å². The number of Topliss-reactive ketones (excluding diaryl/α,β-unsaturated/α-hetero) is 1. The van der Waals surface area contributed by atoms with E-state index in [9.17, 15) is 4.79 Å². The molecule has 0 saturated heterocycles. The molecular formula is C29H42O. The summed E-state index contributed by atoms with van der Waals surface area (Å²) in [6, 6.07) is 21.2. The van der Waals surface area contributed by atoms with E-state index in [0.29, 0.717) is 12.2 Å². The average molecular weight is 407 g/mol. The van der Waals surface area contributed by atoms with Gasteiger partial charge in [-0.1, -0.05) is 125 Å². The quantitative estimate of drug-likeness (QED) is 0.227. The second-order valence-electron chi connectivity index (χ2n) is 8.75. The first-order valence-electron chi connectivity index (χ1n) is 12.4. The predicted octanol–water partition coefficient (Wildman–Crippen LogP) is 8.50. The van der Waals surface area contributed by atoms with Crippen molar-refractivity contribution in [2.45, 2.75) is 103 Å². The van der Waals surface area contributed by atoms with Crippen LogP contribution in [0.4, 0.5) is 0 Å². The van der Waals surface area contributed by atoms with Crippen molar-refractivity contribution in [3.05, 3.63) is 71.8 Å². The fraction of sp³-hybridized carbons (Fsp3) is 0.552. The van der Waals surface area contributed by atoms with Crippen molar-refractivity contribution in [1.82, 2.24) is 0 Å². The van der Waals surface area contributed by atoms with E-state index in [1.165, 1.54) is 88.2 Å². The van der Waals surface area contributed by atoms with Crippen LogP contribution in [0, 0.1) is 0 Å². The lowest BCUT2D eigenvalue weighted by molar-refractivity contribution is -0.119. The molecule has 0 amide bonds. The molecule has 0 radical (unpaired) electrons. The Morgan fingerprint density at radius 3 is 1.33 bits per heavy atom. The van der Waals surface area contributed by atoms with Crippen LogP contribution in [0.15, 0.2) is 60.7 Å². The van der Waals surface area contributed by atoms with Crippen molar-refractivity contribution in [2.24, 2.45) is 0 Å². The molecule has 0 saturated carbocycles. The fourth-order valence-corrected chi connectivity index (χ4v) is 4.12. The van der Waals surface area contributed by atoms with E-state index in [1.807, 2.05) is 18.2 Å². The van der Waals surface area contributed by atoms with Gasteiger partial charge in [-0.15, -0.1) is 0 Å². The SMILES string of the molecule is O=C(CCCCCCCCCCCCCCc1ccccc1)CCc1ccccc1. The summed E-state index contributed by atoms with van der Waals surface area (Å²) in [5, 5.41) is 0. The molecule has 2 rings (SSSR count). The van der Waals surface area contributed by atoms with Crippen LogP contribution in [0.1, 0.15) is 101 Å². The van der Waals surface area contributed by atoms with Crippen LogP contribution >= 0.6 is 0 Å². The maximum Gasteiger partial charge on any atom is 0.133 e. The average Bonchev–Trinajstić information content (AvgIpc) is 2.79. The first-order chi connectivity index (χ1) is 14.8. The van der Waals surface area contributed by atoms with Gasteiger partial charge in [-0.25, -0.2) is 0 Å². The molecule has 0 heterocycles. The van der Waals surface area contributed by atoms with Crippen molar-refractivity contribution < 1.29 is 4.79 Å². The summed E-state index contributed by atoms with van der Waals surface area (Å²) in [6.07, 6.45) is 19.6. The molecule has 0 atom stereocenters. The maximum atomic E-state index is 12.0. The van der Waals surface area contributed by atoms with Crippen LogP contribution in [0.2, 0.25) is 0 Å². The molecule has 0 aliphatic rings. The highest BCUT2D eigenvalue weighted by molar-refractivity contribution is 5.78. The summed E-state index contributed by atoms with van der Waals surface area (Å²) in [5.74, 6) is 0.433. The number of hydrogen-bond donors (Lipinski definition) is 0. The zero-order valence-electron chi connectivity index (χ0n) is 19.0. The summed E-state index contributed by atoms with van der Waals surface area (Å²) in [4.78, 5) is 12.0. The maximum absolute atomic E-state index is 12.0. The minimum atomic E-state index is 0.433. The molecule has 0 unspecified atom stereocenters. The van der Waals surface area contributed by atoms with Gasteiger partial charge in [-0.3, -0.25) is 4.79 Å². The van der Waals surface area contributed by atoms with E-state index < -0.39 is 0 Å². The molecule has 0 bridgehead atoms. The number of rotatable bonds is 18. The van der Waals surface area contributed by atoms with Gasteiger partial charge in [0.25, 0.3) is 0 Å². The van der Waals surface area contributed by atoms with Crippen LogP contribution in [0.3, 0.4) is 0 Å². The third kappa shape index (κ3) is 12.6. The highest BCUT2D eigenvalue weighted by atomic mass is 16.1. The first kappa shape index (κ1) is 24.4. The molecule has 0 aliphatic carbocycles. The topological polar surface area (TPSA) is 17.1 Å². The Bertz CT molecular complexity index is 647. The van der Waals surface area contributed by atoms with Crippen molar-refractivity contribution in [3.8, 4) is 0 Å². The Morgan fingerprint density at radius 1 is 0.433 bits per heavy atom. The Balaban J connectivity index is 1.28. The zero-order valence-corrected chi connectivity index (χ0v) is 19.0. The highest BCUT2D eigenvalue weighted by Crippen LogP contribution is 2.14. The Morgan fingerprint density at radius 2 is 0.833 bits per heavy atom. The first-order valence-corrected chi connectivity index (χ1v) is 12.4. The van der Waals surface area contributed by atoms with Crippen LogP contribution in [-0.4, -0.2) is 5.78 Å². The minimum Gasteiger partial charge on any atom is -0.300 e. The molecule has 1 heteroatoms. The Labute approximate surface area is 185 Å². The lowest BCUT2D eigenvalue weighted by Gasteiger charge is -2.04. The second-order valence-corrected chi connectivity index (χ2v) is 8.75. The number of aryl methyl sites for hydroxylation is 2. The van der Waals surface area contributed by atoms with Gasteiger partial charge in [0.2, 0.25) is 0 Å². The van der Waals surface area contributed by atoms with E-state index in [1.54, 1.807) is 0 Å². The van der Waals surface area contributed by atoms with Gasteiger partial charge in [0.1, 0.15) is 5.78 Å². The van der Waals surface area contributed by atoms with Gasteiger partial charge in [-0.05, 0) is 36.8 Å². The molecular weight excluding hydrogens is 364 g/mol. The summed E-state index contributed by atoms with van der Waals surface area (Å²) in [6.45, 7) is 0. The van der Waals surface area contributed by atoms with Gasteiger partial charge in [-0.2, -0.15) is 0 Å². The summed E-state index contributed by atoms with van der Waals surface area (Å²) in [5.41, 5.74) is 2.76. The third-order valence-corrected chi connectivity index (χ3v) is 6.05. The molecule has 164 valence electrons. The Kier molecular flexibility index (Phi) is 13.7. The van der Waals surface area contributed by atoms with Gasteiger partial charge in [0.05, 0.1) is 0 Å². The third-order valence-electron chi connectivity index (χ3n) is 6.05. The summed E-state index contributed by atoms with van der Waals surface area (Å²) < 4.78 is 0. The molecule has 0 N–H and O–H groups in total. The number of hydrogen-bond acceptors (Lipinski definition) is 1. The number of carbonyl (C=O) groups is 1. The van der Waals surface area contributed by atoms with E-state index in [2.05, 4.69) is 42.5 Å². The normalized spacial score (nSPS) is 10.9. The monoisotopic (exact) mass is 406 g/mol. The fourth-order valence-electron chi connectivity index (χ4n) is 4.12. The molecule has 2 aromatic rings. The number of ketones is 1. The number of benzene rings is 2. The van der Waals surface area contributed by atoms with E-state index in [-0.39, 0.29) is 0 Å². The van der Waals surface area contributed by atoms with E-state index in [4.69, 9.17) is 0 Å². The molecule has 30 heavy (non-hydrogen) atoms. The largest absolute Gasteiger partial charge is 0.300 e. The summed E-state index contributed by atoms with van der Waals surface area (Å²) in [7, 11) is 0. The van der Waals surface area contributed by atoms with Crippen LogP contribution in [0.25, 0.3) is 0 Å².